The first kappa shape index (κ1) is 25.0. The molecule has 2 atom stereocenters. The van der Waals surface area contributed by atoms with Gasteiger partial charge in [-0.3, -0.25) is 9.69 Å². The molecule has 1 aliphatic rings. The van der Waals surface area contributed by atoms with Crippen molar-refractivity contribution < 1.29 is 14.7 Å². The van der Waals surface area contributed by atoms with Crippen LogP contribution in [-0.4, -0.2) is 56.6 Å². The number of fused-ring (bicyclic) bond motifs is 1. The van der Waals surface area contributed by atoms with Gasteiger partial charge in [0, 0.05) is 31.0 Å². The number of piperidine rings is 1. The number of amides is 2. The number of aromatic nitrogens is 2. The monoisotopic (exact) mass is 541 g/mol. The summed E-state index contributed by atoms with van der Waals surface area (Å²) < 4.78 is 0.800. The maximum absolute atomic E-state index is 13.1. The number of anilines is 2. The molecular weight excluding hydrogens is 510 g/mol. The number of carbonyl (C=O) groups is 2. The molecule has 0 saturated carbocycles. The maximum Gasteiger partial charge on any atom is 0.408 e. The lowest BCUT2D eigenvalue weighted by Gasteiger charge is -2.45. The van der Waals surface area contributed by atoms with Crippen LogP contribution in [0.5, 0.6) is 0 Å². The second-order valence-electron chi connectivity index (χ2n) is 10.1. The van der Waals surface area contributed by atoms with Crippen LogP contribution in [0.15, 0.2) is 47.2 Å². The second-order valence-corrected chi connectivity index (χ2v) is 10.9. The van der Waals surface area contributed by atoms with Crippen molar-refractivity contribution in [3.63, 3.8) is 0 Å². The summed E-state index contributed by atoms with van der Waals surface area (Å²) in [7, 11) is 0. The van der Waals surface area contributed by atoms with E-state index in [1.54, 1.807) is 17.3 Å². The standard InChI is InChI=1S/C26H32BrN5O3/c1-16(17-9-6-5-7-10-17)24(33)30-20-14-29-23-21(20)22(19(27)13-28-23)31-12-8-11-18(15-31)32(25(34)35)26(2,3)4/h5-7,9-10,13-14,16,18H,8,11-12,15H2,1-4H3,(H,28,29)(H,30,33)(H,34,35)/t16?,18-/m1/s1. The Morgan fingerprint density at radius 1 is 1.29 bits per heavy atom. The summed E-state index contributed by atoms with van der Waals surface area (Å²) in [4.78, 5) is 36.7. The first-order valence-electron chi connectivity index (χ1n) is 11.9. The molecular formula is C26H32BrN5O3. The number of nitrogens with one attached hydrogen (secondary N) is 2. The highest BCUT2D eigenvalue weighted by Crippen LogP contribution is 2.40. The van der Waals surface area contributed by atoms with E-state index in [9.17, 15) is 14.7 Å². The van der Waals surface area contributed by atoms with Gasteiger partial charge in [-0.05, 0) is 62.0 Å². The molecule has 1 fully saturated rings. The van der Waals surface area contributed by atoms with Crippen LogP contribution in [-0.2, 0) is 4.79 Å². The summed E-state index contributed by atoms with van der Waals surface area (Å²) in [6.45, 7) is 9.00. The van der Waals surface area contributed by atoms with E-state index in [2.05, 4.69) is 36.1 Å². The van der Waals surface area contributed by atoms with Gasteiger partial charge in [0.05, 0.1) is 33.2 Å². The number of hydrogen-bond acceptors (Lipinski definition) is 4. The molecule has 3 N–H and O–H groups in total. The fourth-order valence-electron chi connectivity index (χ4n) is 4.96. The third-order valence-corrected chi connectivity index (χ3v) is 7.17. The van der Waals surface area contributed by atoms with Gasteiger partial charge in [-0.2, -0.15) is 0 Å². The van der Waals surface area contributed by atoms with Crippen LogP contribution in [0.2, 0.25) is 0 Å². The van der Waals surface area contributed by atoms with Gasteiger partial charge < -0.3 is 20.3 Å². The molecule has 0 bridgehead atoms. The SMILES string of the molecule is CC(C(=O)Nc1c[nH]c2ncc(Br)c(N3CCC[C@@H](N(C(=O)O)C(C)(C)C)C3)c12)c1ccccc1. The van der Waals surface area contributed by atoms with Crippen molar-refractivity contribution in [1.82, 2.24) is 14.9 Å². The Balaban J connectivity index is 1.67. The van der Waals surface area contributed by atoms with E-state index in [4.69, 9.17) is 0 Å². The highest BCUT2D eigenvalue weighted by atomic mass is 79.9. The molecule has 1 unspecified atom stereocenters. The van der Waals surface area contributed by atoms with Gasteiger partial charge in [0.1, 0.15) is 5.65 Å². The highest BCUT2D eigenvalue weighted by Gasteiger charge is 2.36. The van der Waals surface area contributed by atoms with Crippen molar-refractivity contribution in [1.29, 1.82) is 0 Å². The summed E-state index contributed by atoms with van der Waals surface area (Å²) in [5.74, 6) is -0.427. The smallest absolute Gasteiger partial charge is 0.408 e. The number of H-pyrrole nitrogens is 1. The van der Waals surface area contributed by atoms with Crippen LogP contribution in [0.25, 0.3) is 11.0 Å². The van der Waals surface area contributed by atoms with E-state index < -0.39 is 11.6 Å². The predicted molar refractivity (Wildman–Crippen MR) is 142 cm³/mol. The fraction of sp³-hybridized carbons (Fsp3) is 0.423. The van der Waals surface area contributed by atoms with Crippen molar-refractivity contribution in [2.24, 2.45) is 0 Å². The lowest BCUT2D eigenvalue weighted by molar-refractivity contribution is -0.117. The highest BCUT2D eigenvalue weighted by molar-refractivity contribution is 9.10. The van der Waals surface area contributed by atoms with Crippen LogP contribution in [0, 0.1) is 0 Å². The number of halogens is 1. The summed E-state index contributed by atoms with van der Waals surface area (Å²) in [6, 6.07) is 9.52. The third kappa shape index (κ3) is 5.15. The minimum Gasteiger partial charge on any atom is -0.465 e. The Bertz CT molecular complexity index is 1220. The van der Waals surface area contributed by atoms with E-state index in [-0.39, 0.29) is 17.9 Å². The van der Waals surface area contributed by atoms with E-state index in [1.165, 1.54) is 0 Å². The zero-order valence-corrected chi connectivity index (χ0v) is 22.1. The molecule has 2 aromatic heterocycles. The number of aromatic amines is 1. The second kappa shape index (κ2) is 9.89. The van der Waals surface area contributed by atoms with Crippen LogP contribution < -0.4 is 10.2 Å². The van der Waals surface area contributed by atoms with Crippen molar-refractivity contribution in [3.8, 4) is 0 Å². The zero-order chi connectivity index (χ0) is 25.3. The van der Waals surface area contributed by atoms with Crippen molar-refractivity contribution in [2.75, 3.05) is 23.3 Å². The molecule has 3 heterocycles. The van der Waals surface area contributed by atoms with Gasteiger partial charge in [0.25, 0.3) is 0 Å². The average molecular weight is 542 g/mol. The van der Waals surface area contributed by atoms with Gasteiger partial charge in [0.2, 0.25) is 5.91 Å². The Morgan fingerprint density at radius 2 is 2.00 bits per heavy atom. The summed E-state index contributed by atoms with van der Waals surface area (Å²) in [5, 5.41) is 13.8. The van der Waals surface area contributed by atoms with Gasteiger partial charge in [-0.15, -0.1) is 0 Å². The molecule has 1 aliphatic heterocycles. The zero-order valence-electron chi connectivity index (χ0n) is 20.5. The fourth-order valence-corrected chi connectivity index (χ4v) is 5.51. The predicted octanol–water partition coefficient (Wildman–Crippen LogP) is 5.81. The summed E-state index contributed by atoms with van der Waals surface area (Å²) in [6.07, 6.45) is 4.26. The number of carboxylic acid groups (broad SMARTS) is 1. The molecule has 186 valence electrons. The molecule has 0 spiro atoms. The Kier molecular flexibility index (Phi) is 7.07. The topological polar surface area (TPSA) is 102 Å². The average Bonchev–Trinajstić information content (AvgIpc) is 3.20. The van der Waals surface area contributed by atoms with E-state index in [0.29, 0.717) is 17.9 Å². The van der Waals surface area contributed by atoms with Gasteiger partial charge in [0.15, 0.2) is 0 Å². The number of rotatable bonds is 5. The Labute approximate surface area is 213 Å². The molecule has 2 amide bonds. The largest absolute Gasteiger partial charge is 0.465 e. The van der Waals surface area contributed by atoms with Crippen LogP contribution in [0.1, 0.15) is 52.0 Å². The number of carbonyl (C=O) groups excluding carboxylic acids is 1. The summed E-state index contributed by atoms with van der Waals surface area (Å²) >= 11 is 3.67. The minimum absolute atomic E-state index is 0.107. The first-order valence-corrected chi connectivity index (χ1v) is 12.7. The molecule has 1 saturated heterocycles. The van der Waals surface area contributed by atoms with E-state index in [1.807, 2.05) is 58.0 Å². The quantitative estimate of drug-likeness (QED) is 0.378. The lowest BCUT2D eigenvalue weighted by atomic mass is 9.97. The molecule has 9 heteroatoms. The van der Waals surface area contributed by atoms with Crippen molar-refractivity contribution >= 4 is 50.3 Å². The summed E-state index contributed by atoms with van der Waals surface area (Å²) in [5.41, 5.74) is 2.66. The Hall–Kier alpha value is -3.07. The molecule has 1 aromatic carbocycles. The van der Waals surface area contributed by atoms with Gasteiger partial charge in [-0.25, -0.2) is 9.78 Å². The number of pyridine rings is 1. The molecule has 0 aliphatic carbocycles. The van der Waals surface area contributed by atoms with Gasteiger partial charge in [-0.1, -0.05) is 30.3 Å². The Morgan fingerprint density at radius 3 is 2.66 bits per heavy atom. The normalized spacial score (nSPS) is 17.3. The number of benzene rings is 1. The molecule has 4 rings (SSSR count). The molecule has 3 aromatic rings. The van der Waals surface area contributed by atoms with Crippen LogP contribution in [0.4, 0.5) is 16.2 Å². The van der Waals surface area contributed by atoms with Crippen molar-refractivity contribution in [3.05, 3.63) is 52.8 Å². The third-order valence-electron chi connectivity index (χ3n) is 6.59. The number of nitrogens with zero attached hydrogens (tertiary/aromatic N) is 3. The van der Waals surface area contributed by atoms with Crippen molar-refractivity contribution in [2.45, 2.75) is 58.0 Å². The molecule has 0 radical (unpaired) electrons. The van der Waals surface area contributed by atoms with E-state index in [0.717, 1.165) is 40.5 Å². The van der Waals surface area contributed by atoms with Crippen LogP contribution in [0.3, 0.4) is 0 Å². The van der Waals surface area contributed by atoms with E-state index >= 15 is 0 Å². The van der Waals surface area contributed by atoms with Gasteiger partial charge >= 0.3 is 6.09 Å². The maximum atomic E-state index is 13.1. The lowest BCUT2D eigenvalue weighted by Crippen LogP contribution is -2.56. The first-order chi connectivity index (χ1) is 16.6. The number of hydrogen-bond donors (Lipinski definition) is 3. The van der Waals surface area contributed by atoms with Crippen LogP contribution >= 0.6 is 15.9 Å². The molecule has 8 nitrogen and oxygen atoms in total. The molecule has 35 heavy (non-hydrogen) atoms. The minimum atomic E-state index is -0.909.